The molecule has 1 aliphatic rings. The Hall–Kier alpha value is -3.83. The normalized spacial score (nSPS) is 15.0. The molecule has 31 heavy (non-hydrogen) atoms. The van der Waals surface area contributed by atoms with Crippen LogP contribution in [-0.4, -0.2) is 31.6 Å². The van der Waals surface area contributed by atoms with E-state index in [0.717, 1.165) is 16.0 Å². The summed E-state index contributed by atoms with van der Waals surface area (Å²) < 4.78 is 10.5. The Morgan fingerprint density at radius 2 is 1.90 bits per heavy atom. The molecular weight excluding hydrogens is 422 g/mol. The Morgan fingerprint density at radius 3 is 2.55 bits per heavy atom. The molecule has 4 amide bonds. The molecule has 0 aromatic heterocycles. The molecule has 2 aromatic rings. The van der Waals surface area contributed by atoms with Gasteiger partial charge in [0.25, 0.3) is 11.8 Å². The van der Waals surface area contributed by atoms with Gasteiger partial charge in [-0.1, -0.05) is 17.7 Å². The van der Waals surface area contributed by atoms with Crippen molar-refractivity contribution < 1.29 is 23.9 Å². The topological polar surface area (TPSA) is 109 Å². The second-order valence-electron chi connectivity index (χ2n) is 6.71. The van der Waals surface area contributed by atoms with Crippen LogP contribution in [0, 0.1) is 25.2 Å². The first-order valence-corrected chi connectivity index (χ1v) is 9.50. The van der Waals surface area contributed by atoms with E-state index in [4.69, 9.17) is 26.3 Å². The molecule has 8 nitrogen and oxygen atoms in total. The van der Waals surface area contributed by atoms with Crippen LogP contribution in [-0.2, 0) is 9.59 Å². The van der Waals surface area contributed by atoms with Crippen LogP contribution in [0.4, 0.5) is 10.5 Å². The van der Waals surface area contributed by atoms with E-state index in [1.807, 2.05) is 19.9 Å². The Balaban J connectivity index is 2.03. The van der Waals surface area contributed by atoms with Gasteiger partial charge < -0.3 is 9.47 Å². The van der Waals surface area contributed by atoms with Gasteiger partial charge in [-0.2, -0.15) is 5.26 Å². The summed E-state index contributed by atoms with van der Waals surface area (Å²) in [5.41, 5.74) is 2.37. The number of hydrogen-bond acceptors (Lipinski definition) is 6. The number of anilines is 1. The zero-order valence-corrected chi connectivity index (χ0v) is 17.7. The summed E-state index contributed by atoms with van der Waals surface area (Å²) >= 11 is 6.23. The zero-order chi connectivity index (χ0) is 22.7. The van der Waals surface area contributed by atoms with Gasteiger partial charge >= 0.3 is 6.03 Å². The van der Waals surface area contributed by atoms with Gasteiger partial charge in [-0.15, -0.1) is 0 Å². The third-order valence-corrected chi connectivity index (χ3v) is 4.97. The van der Waals surface area contributed by atoms with Crippen LogP contribution < -0.4 is 19.7 Å². The fourth-order valence-corrected chi connectivity index (χ4v) is 3.26. The first kappa shape index (κ1) is 21.9. The van der Waals surface area contributed by atoms with Crippen LogP contribution in [0.15, 0.2) is 35.9 Å². The third kappa shape index (κ3) is 4.37. The van der Waals surface area contributed by atoms with E-state index >= 15 is 0 Å². The van der Waals surface area contributed by atoms with Crippen molar-refractivity contribution in [3.05, 3.63) is 57.6 Å². The van der Waals surface area contributed by atoms with Crippen LogP contribution >= 0.6 is 11.6 Å². The molecule has 1 heterocycles. The van der Waals surface area contributed by atoms with E-state index in [0.29, 0.717) is 11.3 Å². The number of imide groups is 2. The minimum atomic E-state index is -0.828. The number of hydrogen-bond donors (Lipinski definition) is 1. The van der Waals surface area contributed by atoms with E-state index in [9.17, 15) is 14.4 Å². The Kier molecular flexibility index (Phi) is 6.28. The Morgan fingerprint density at radius 1 is 1.16 bits per heavy atom. The second-order valence-corrected chi connectivity index (χ2v) is 7.11. The number of halogens is 1. The SMILES string of the molecule is COc1cc(/C=C2\C(=O)NC(=O)N(c3ccc(C)c(C)c3)C2=O)cc(Cl)c1OCC#N. The highest BCUT2D eigenvalue weighted by Gasteiger charge is 2.37. The van der Waals surface area contributed by atoms with Gasteiger partial charge in [-0.05, 0) is 60.9 Å². The predicted octanol–water partition coefficient (Wildman–Crippen LogP) is 3.53. The van der Waals surface area contributed by atoms with Gasteiger partial charge in [0, 0.05) is 0 Å². The number of nitrogens with zero attached hydrogens (tertiary/aromatic N) is 2. The number of nitriles is 1. The summed E-state index contributed by atoms with van der Waals surface area (Å²) in [5.74, 6) is -1.20. The molecule has 1 fully saturated rings. The van der Waals surface area contributed by atoms with Gasteiger partial charge in [0.15, 0.2) is 18.1 Å². The van der Waals surface area contributed by atoms with Gasteiger partial charge in [-0.3, -0.25) is 14.9 Å². The van der Waals surface area contributed by atoms with Crippen molar-refractivity contribution in [3.63, 3.8) is 0 Å². The van der Waals surface area contributed by atoms with E-state index in [1.165, 1.54) is 25.3 Å². The molecule has 0 unspecified atom stereocenters. The smallest absolute Gasteiger partial charge is 0.335 e. The number of ether oxygens (including phenoxy) is 2. The second kappa shape index (κ2) is 8.90. The monoisotopic (exact) mass is 439 g/mol. The number of amides is 4. The highest BCUT2D eigenvalue weighted by atomic mass is 35.5. The quantitative estimate of drug-likeness (QED) is 0.563. The predicted molar refractivity (Wildman–Crippen MR) is 114 cm³/mol. The van der Waals surface area contributed by atoms with Crippen molar-refractivity contribution in [1.82, 2.24) is 5.32 Å². The molecule has 1 aliphatic heterocycles. The molecule has 1 saturated heterocycles. The minimum Gasteiger partial charge on any atom is -0.493 e. The Labute approximate surface area is 183 Å². The highest BCUT2D eigenvalue weighted by molar-refractivity contribution is 6.39. The molecule has 0 spiro atoms. The maximum absolute atomic E-state index is 13.0. The van der Waals surface area contributed by atoms with Gasteiger partial charge in [0.1, 0.15) is 11.6 Å². The lowest BCUT2D eigenvalue weighted by Gasteiger charge is -2.27. The summed E-state index contributed by atoms with van der Waals surface area (Å²) in [7, 11) is 1.39. The molecule has 0 bridgehead atoms. The number of benzene rings is 2. The summed E-state index contributed by atoms with van der Waals surface area (Å²) in [6.07, 6.45) is 1.31. The van der Waals surface area contributed by atoms with Crippen LogP contribution in [0.3, 0.4) is 0 Å². The first-order chi connectivity index (χ1) is 14.8. The van der Waals surface area contributed by atoms with Crippen LogP contribution in [0.25, 0.3) is 6.08 Å². The largest absolute Gasteiger partial charge is 0.493 e. The van der Waals surface area contributed by atoms with E-state index in [2.05, 4.69) is 5.32 Å². The number of urea groups is 1. The fourth-order valence-electron chi connectivity index (χ4n) is 2.99. The van der Waals surface area contributed by atoms with E-state index in [1.54, 1.807) is 18.2 Å². The maximum Gasteiger partial charge on any atom is 0.335 e. The lowest BCUT2D eigenvalue weighted by atomic mass is 10.0. The van der Waals surface area contributed by atoms with Crippen LogP contribution in [0.5, 0.6) is 11.5 Å². The molecule has 0 saturated carbocycles. The van der Waals surface area contributed by atoms with Crippen LogP contribution in [0.1, 0.15) is 16.7 Å². The average molecular weight is 440 g/mol. The number of carbonyl (C=O) groups excluding carboxylic acids is 3. The van der Waals surface area contributed by atoms with Gasteiger partial charge in [0.2, 0.25) is 0 Å². The number of carbonyl (C=O) groups is 3. The molecule has 2 aromatic carbocycles. The number of nitrogens with one attached hydrogen (secondary N) is 1. The summed E-state index contributed by atoms with van der Waals surface area (Å²) in [5, 5.41) is 11.0. The van der Waals surface area contributed by atoms with Gasteiger partial charge in [-0.25, -0.2) is 9.69 Å². The minimum absolute atomic E-state index is 0.132. The Bertz CT molecular complexity index is 1170. The maximum atomic E-state index is 13.0. The molecule has 3 rings (SSSR count). The third-order valence-electron chi connectivity index (χ3n) is 4.69. The average Bonchev–Trinajstić information content (AvgIpc) is 2.72. The number of rotatable bonds is 5. The summed E-state index contributed by atoms with van der Waals surface area (Å²) in [6, 6.07) is 9.09. The summed E-state index contributed by atoms with van der Waals surface area (Å²) in [6.45, 7) is 3.54. The standard InChI is InChI=1S/C22H18ClN3O5/c1-12-4-5-15(8-13(12)2)26-21(28)16(20(27)25-22(26)29)9-14-10-17(23)19(31-7-6-24)18(11-14)30-3/h4-5,8-11H,7H2,1-3H3,(H,25,27,29)/b16-9+. The van der Waals surface area contributed by atoms with Crippen molar-refractivity contribution in [2.24, 2.45) is 0 Å². The van der Waals surface area contributed by atoms with Crippen molar-refractivity contribution in [2.45, 2.75) is 13.8 Å². The molecule has 0 aliphatic carbocycles. The van der Waals surface area contributed by atoms with Crippen molar-refractivity contribution in [2.75, 3.05) is 18.6 Å². The number of aryl methyl sites for hydroxylation is 2. The lowest BCUT2D eigenvalue weighted by molar-refractivity contribution is -0.122. The van der Waals surface area contributed by atoms with Crippen molar-refractivity contribution in [1.29, 1.82) is 5.26 Å². The summed E-state index contributed by atoms with van der Waals surface area (Å²) in [4.78, 5) is 38.7. The van der Waals surface area contributed by atoms with Gasteiger partial charge in [0.05, 0.1) is 17.8 Å². The lowest BCUT2D eigenvalue weighted by Crippen LogP contribution is -2.54. The fraction of sp³-hybridized carbons (Fsp3) is 0.182. The number of barbiturate groups is 1. The molecule has 0 atom stereocenters. The number of methoxy groups -OCH3 is 1. The van der Waals surface area contributed by atoms with Crippen molar-refractivity contribution >= 4 is 41.2 Å². The van der Waals surface area contributed by atoms with Crippen LogP contribution in [0.2, 0.25) is 5.02 Å². The molecule has 1 N–H and O–H groups in total. The highest BCUT2D eigenvalue weighted by Crippen LogP contribution is 2.37. The molecular formula is C22H18ClN3O5. The zero-order valence-electron chi connectivity index (χ0n) is 17.0. The molecule has 158 valence electrons. The molecule has 9 heteroatoms. The van der Waals surface area contributed by atoms with Crippen molar-refractivity contribution in [3.8, 4) is 17.6 Å². The molecule has 0 radical (unpaired) electrons. The van der Waals surface area contributed by atoms with E-state index < -0.39 is 17.8 Å². The first-order valence-electron chi connectivity index (χ1n) is 9.12. The van der Waals surface area contributed by atoms with E-state index in [-0.39, 0.29) is 28.7 Å².